The third kappa shape index (κ3) is 12.1. The van der Waals surface area contributed by atoms with Crippen molar-refractivity contribution in [1.29, 1.82) is 0 Å². The number of rotatable bonds is 18. The van der Waals surface area contributed by atoms with E-state index in [0.717, 1.165) is 35.3 Å². The van der Waals surface area contributed by atoms with E-state index < -0.39 is 16.6 Å². The lowest BCUT2D eigenvalue weighted by molar-refractivity contribution is 0.00220. The van der Waals surface area contributed by atoms with Crippen molar-refractivity contribution in [2.45, 2.75) is 181 Å². The summed E-state index contributed by atoms with van der Waals surface area (Å²) in [6.45, 7) is 28.3. The Bertz CT molecular complexity index is 1310. The molecule has 0 unspecified atom stereocenters. The van der Waals surface area contributed by atoms with Gasteiger partial charge in [-0.25, -0.2) is 4.98 Å². The third-order valence-corrected chi connectivity index (χ3v) is 20.2. The Morgan fingerprint density at radius 2 is 1.31 bits per heavy atom. The lowest BCUT2D eigenvalue weighted by Crippen LogP contribution is -2.45. The average Bonchev–Trinajstić information content (AvgIpc) is 3.01. The molecule has 2 aromatic rings. The summed E-state index contributed by atoms with van der Waals surface area (Å²) in [7, 11) is -4.45. The molecule has 2 heterocycles. The Morgan fingerprint density at radius 1 is 0.776 bits per heavy atom. The highest BCUT2D eigenvalue weighted by Crippen LogP contribution is 2.51. The van der Waals surface area contributed by atoms with Gasteiger partial charge in [0.25, 0.3) is 16.6 Å². The zero-order chi connectivity index (χ0) is 36.3. The molecule has 1 fully saturated rings. The predicted octanol–water partition coefficient (Wildman–Crippen LogP) is 14.2. The van der Waals surface area contributed by atoms with E-state index in [1.54, 1.807) is 0 Å². The normalized spacial score (nSPS) is 18.6. The zero-order valence-corrected chi connectivity index (χ0v) is 35.8. The van der Waals surface area contributed by atoms with E-state index in [4.69, 9.17) is 18.6 Å². The van der Waals surface area contributed by atoms with E-state index in [9.17, 15) is 0 Å². The number of unbranched alkanes of at least 4 members (excludes halogenated alkanes) is 11. The first-order chi connectivity index (χ1) is 23.0. The number of ether oxygens (including phenoxy) is 1. The van der Waals surface area contributed by atoms with Crippen molar-refractivity contribution >= 4 is 16.6 Å². The van der Waals surface area contributed by atoms with Crippen LogP contribution in [-0.4, -0.2) is 28.2 Å². The highest BCUT2D eigenvalue weighted by Gasteiger charge is 2.44. The Kier molecular flexibility index (Phi) is 15.7. The van der Waals surface area contributed by atoms with Gasteiger partial charge in [-0.2, -0.15) is 0 Å². The molecule has 0 N–H and O–H groups in total. The van der Waals surface area contributed by atoms with Crippen LogP contribution in [0.3, 0.4) is 0 Å². The molecule has 0 spiro atoms. The average molecular weight is 708 g/mol. The van der Waals surface area contributed by atoms with Crippen molar-refractivity contribution in [3.05, 3.63) is 53.7 Å². The van der Waals surface area contributed by atoms with E-state index in [1.807, 2.05) is 6.20 Å². The first kappa shape index (κ1) is 41.5. The standard InChI is InChI=1S/C43H73NO3Si2/c1-13-14-15-16-17-18-19-20-21-22-23-25-28-35-31-34(2)39(45-33-35)38-40(46-48(9,10)42(3,4)5)37(36-29-26-24-27-30-36)32-44-41(38)47-49(11,12)43(6,7)8/h24,26-30,32,34,39H,13-23,25,31,33H2,1-12H3/b35-28+/t34-,39-/m1/s1. The summed E-state index contributed by atoms with van der Waals surface area (Å²) in [4.78, 5) is 5.10. The summed E-state index contributed by atoms with van der Waals surface area (Å²) >= 11 is 0. The van der Waals surface area contributed by atoms with E-state index in [1.165, 1.54) is 76.2 Å². The lowest BCUT2D eigenvalue weighted by atomic mass is 9.87. The molecule has 0 radical (unpaired) electrons. The maximum absolute atomic E-state index is 7.34. The monoisotopic (exact) mass is 708 g/mol. The first-order valence-electron chi connectivity index (χ1n) is 19.7. The minimum Gasteiger partial charge on any atom is -0.543 e. The van der Waals surface area contributed by atoms with Gasteiger partial charge >= 0.3 is 0 Å². The molecule has 1 aliphatic heterocycles. The van der Waals surface area contributed by atoms with E-state index in [0.29, 0.717) is 12.5 Å². The van der Waals surface area contributed by atoms with E-state index >= 15 is 0 Å². The Hall–Kier alpha value is -1.90. The summed E-state index contributed by atoms with van der Waals surface area (Å²) in [5, 5.41) is 0.0683. The quantitative estimate of drug-likeness (QED) is 0.0878. The van der Waals surface area contributed by atoms with Crippen LogP contribution in [0, 0.1) is 5.92 Å². The highest BCUT2D eigenvalue weighted by molar-refractivity contribution is 6.75. The summed E-state index contributed by atoms with van der Waals surface area (Å²) < 4.78 is 21.3. The Balaban J connectivity index is 1.84. The highest BCUT2D eigenvalue weighted by atomic mass is 28.4. The summed E-state index contributed by atoms with van der Waals surface area (Å²) in [5.41, 5.74) is 4.58. The fourth-order valence-electron chi connectivity index (χ4n) is 6.13. The summed E-state index contributed by atoms with van der Waals surface area (Å²) in [6, 6.07) is 10.6. The Labute approximate surface area is 304 Å². The number of aromatic nitrogens is 1. The summed E-state index contributed by atoms with van der Waals surface area (Å²) in [6.07, 6.45) is 21.7. The van der Waals surface area contributed by atoms with E-state index in [-0.39, 0.29) is 22.1 Å². The molecule has 4 nitrogen and oxygen atoms in total. The van der Waals surface area contributed by atoms with Gasteiger partial charge in [-0.05, 0) is 72.6 Å². The predicted molar refractivity (Wildman–Crippen MR) is 217 cm³/mol. The van der Waals surface area contributed by atoms with Gasteiger partial charge in [0.05, 0.1) is 18.3 Å². The van der Waals surface area contributed by atoms with Crippen LogP contribution in [0.15, 0.2) is 48.2 Å². The molecule has 1 saturated heterocycles. The molecule has 0 bridgehead atoms. The molecule has 0 aliphatic carbocycles. The van der Waals surface area contributed by atoms with Crippen LogP contribution in [0.4, 0.5) is 0 Å². The molecule has 2 atom stereocenters. The lowest BCUT2D eigenvalue weighted by Gasteiger charge is -2.41. The van der Waals surface area contributed by atoms with Crippen LogP contribution < -0.4 is 8.85 Å². The maximum atomic E-state index is 7.34. The third-order valence-electron chi connectivity index (χ3n) is 11.5. The van der Waals surface area contributed by atoms with Gasteiger partial charge in [-0.15, -0.1) is 0 Å². The van der Waals surface area contributed by atoms with Crippen molar-refractivity contribution in [3.63, 3.8) is 0 Å². The summed E-state index contributed by atoms with van der Waals surface area (Å²) in [5.74, 6) is 1.88. The van der Waals surface area contributed by atoms with Gasteiger partial charge < -0.3 is 13.6 Å². The number of nitrogens with zero attached hydrogens (tertiary/aromatic N) is 1. The van der Waals surface area contributed by atoms with Gasteiger partial charge in [-0.1, -0.05) is 156 Å². The fraction of sp³-hybridized carbons (Fsp3) is 0.698. The molecular weight excluding hydrogens is 635 g/mol. The van der Waals surface area contributed by atoms with Crippen molar-refractivity contribution in [2.24, 2.45) is 5.92 Å². The van der Waals surface area contributed by atoms with Crippen molar-refractivity contribution in [1.82, 2.24) is 4.98 Å². The molecule has 49 heavy (non-hydrogen) atoms. The molecule has 3 rings (SSSR count). The van der Waals surface area contributed by atoms with Crippen molar-refractivity contribution in [3.8, 4) is 22.8 Å². The van der Waals surface area contributed by atoms with Gasteiger partial charge in [0, 0.05) is 11.8 Å². The first-order valence-corrected chi connectivity index (χ1v) is 25.6. The van der Waals surface area contributed by atoms with Crippen LogP contribution >= 0.6 is 0 Å². The van der Waals surface area contributed by atoms with Crippen LogP contribution in [0.25, 0.3) is 11.1 Å². The SMILES string of the molecule is CCCCCCCCCCCCC/C=C1/CO[C@@H](c2c(O[Si](C)(C)C(C)(C)C)ncc(-c3ccccc3)c2O[Si](C)(C)C(C)(C)C)[C@H](C)C1. The second kappa shape index (κ2) is 18.6. The molecule has 0 saturated carbocycles. The molecule has 276 valence electrons. The van der Waals surface area contributed by atoms with Gasteiger partial charge in [-0.3, -0.25) is 0 Å². The van der Waals surface area contributed by atoms with Gasteiger partial charge in [0.1, 0.15) is 5.75 Å². The molecular formula is C43H73NO3Si2. The second-order valence-electron chi connectivity index (χ2n) is 17.9. The molecule has 1 aliphatic rings. The molecule has 6 heteroatoms. The van der Waals surface area contributed by atoms with Gasteiger partial charge in [0.2, 0.25) is 5.88 Å². The number of hydrogen-bond acceptors (Lipinski definition) is 4. The van der Waals surface area contributed by atoms with E-state index in [2.05, 4.69) is 118 Å². The van der Waals surface area contributed by atoms with Crippen molar-refractivity contribution in [2.75, 3.05) is 6.61 Å². The van der Waals surface area contributed by atoms with Crippen LogP contribution in [0.2, 0.25) is 36.3 Å². The molecule has 1 aromatic heterocycles. The number of pyridine rings is 1. The largest absolute Gasteiger partial charge is 0.543 e. The minimum atomic E-state index is -2.24. The zero-order valence-electron chi connectivity index (χ0n) is 33.8. The van der Waals surface area contributed by atoms with Crippen LogP contribution in [0.5, 0.6) is 11.6 Å². The van der Waals surface area contributed by atoms with Crippen LogP contribution in [-0.2, 0) is 4.74 Å². The molecule has 1 aromatic carbocycles. The fourth-order valence-corrected chi connectivity index (χ4v) is 8.12. The second-order valence-corrected chi connectivity index (χ2v) is 27.4. The topological polar surface area (TPSA) is 40.6 Å². The van der Waals surface area contributed by atoms with Gasteiger partial charge in [0.15, 0.2) is 0 Å². The smallest absolute Gasteiger partial charge is 0.252 e. The number of benzene rings is 1. The van der Waals surface area contributed by atoms with Crippen molar-refractivity contribution < 1.29 is 13.6 Å². The Morgan fingerprint density at radius 3 is 1.84 bits per heavy atom. The maximum Gasteiger partial charge on any atom is 0.252 e. The van der Waals surface area contributed by atoms with Crippen LogP contribution in [0.1, 0.15) is 151 Å². The number of hydrogen-bond donors (Lipinski definition) is 0. The number of allylic oxidation sites excluding steroid dienone is 1. The minimum absolute atomic E-state index is 0.0329. The molecule has 0 amide bonds.